The molecule has 0 fully saturated rings. The number of likely N-dealkylation sites (N-methyl/N-ethyl adjacent to an activating group) is 1. The highest BCUT2D eigenvalue weighted by Gasteiger charge is 2.41. The number of nitrogens with zero attached hydrogens (tertiary/aromatic N) is 2. The van der Waals surface area contributed by atoms with Crippen LogP contribution < -0.4 is 14.4 Å². The van der Waals surface area contributed by atoms with Crippen molar-refractivity contribution in [2.75, 3.05) is 25.3 Å². The van der Waals surface area contributed by atoms with E-state index in [4.69, 9.17) is 14.2 Å². The fourth-order valence-electron chi connectivity index (χ4n) is 3.64. The number of rotatable bonds is 1. The lowest BCUT2D eigenvalue weighted by Gasteiger charge is -2.33. The second-order valence-electron chi connectivity index (χ2n) is 5.97. The molecule has 6 heteroatoms. The summed E-state index contributed by atoms with van der Waals surface area (Å²) in [4.78, 5) is 18.5. The first kappa shape index (κ1) is 13.4. The third-order valence-corrected chi connectivity index (χ3v) is 4.80. The minimum atomic E-state index is -0.262. The Hall–Kier alpha value is -3.02. The lowest BCUT2D eigenvalue weighted by molar-refractivity contribution is -0.136. The van der Waals surface area contributed by atoms with E-state index in [1.807, 2.05) is 36.2 Å². The van der Waals surface area contributed by atoms with Gasteiger partial charge in [0.05, 0.1) is 11.3 Å². The van der Waals surface area contributed by atoms with Crippen LogP contribution in [-0.2, 0) is 9.53 Å². The number of aromatic nitrogens is 1. The number of cyclic esters (lactones) is 1. The Morgan fingerprint density at radius 1 is 1.12 bits per heavy atom. The Kier molecular flexibility index (Phi) is 2.65. The van der Waals surface area contributed by atoms with Crippen LogP contribution in [0.3, 0.4) is 0 Å². The summed E-state index contributed by atoms with van der Waals surface area (Å²) in [6.45, 7) is 0.511. The van der Waals surface area contributed by atoms with Crippen molar-refractivity contribution in [2.45, 2.75) is 5.92 Å². The van der Waals surface area contributed by atoms with Gasteiger partial charge in [-0.3, -0.25) is 4.98 Å². The maximum atomic E-state index is 12.4. The van der Waals surface area contributed by atoms with E-state index in [1.54, 1.807) is 12.4 Å². The van der Waals surface area contributed by atoms with E-state index >= 15 is 0 Å². The monoisotopic (exact) mass is 322 g/mol. The number of hydrogen-bond acceptors (Lipinski definition) is 6. The maximum Gasteiger partial charge on any atom is 0.337 e. The van der Waals surface area contributed by atoms with Crippen molar-refractivity contribution in [2.24, 2.45) is 0 Å². The number of benzene rings is 1. The number of hydrogen-bond donors (Lipinski definition) is 0. The number of carbonyl (C=O) groups excluding carboxylic acids is 1. The van der Waals surface area contributed by atoms with Crippen molar-refractivity contribution in [1.82, 2.24) is 4.98 Å². The van der Waals surface area contributed by atoms with Crippen LogP contribution in [0.15, 0.2) is 47.9 Å². The molecular weight excluding hydrogens is 308 g/mol. The largest absolute Gasteiger partial charge is 0.456 e. The molecular formula is C18H14N2O4. The highest BCUT2D eigenvalue weighted by atomic mass is 16.7. The van der Waals surface area contributed by atoms with Gasteiger partial charge < -0.3 is 19.1 Å². The predicted octanol–water partition coefficient (Wildman–Crippen LogP) is 2.20. The van der Waals surface area contributed by atoms with E-state index in [2.05, 4.69) is 4.98 Å². The number of pyridine rings is 1. The molecule has 1 atom stereocenters. The lowest BCUT2D eigenvalue weighted by atomic mass is 9.81. The Bertz CT molecular complexity index is 891. The third-order valence-electron chi connectivity index (χ3n) is 4.80. The van der Waals surface area contributed by atoms with E-state index < -0.39 is 0 Å². The minimum Gasteiger partial charge on any atom is -0.456 e. The quantitative estimate of drug-likeness (QED) is 0.750. The van der Waals surface area contributed by atoms with Gasteiger partial charge in [-0.1, -0.05) is 0 Å². The molecule has 4 heterocycles. The fourth-order valence-corrected chi connectivity index (χ4v) is 3.64. The number of anilines is 1. The van der Waals surface area contributed by atoms with Crippen molar-refractivity contribution in [3.63, 3.8) is 0 Å². The Morgan fingerprint density at radius 2 is 1.88 bits per heavy atom. The molecule has 1 aromatic carbocycles. The van der Waals surface area contributed by atoms with Crippen molar-refractivity contribution < 1.29 is 19.0 Å². The van der Waals surface area contributed by atoms with Crippen LogP contribution in [0.2, 0.25) is 0 Å². The average Bonchev–Trinajstić information content (AvgIpc) is 3.22. The van der Waals surface area contributed by atoms with Gasteiger partial charge in [-0.05, 0) is 29.3 Å². The molecule has 0 amide bonds. The summed E-state index contributed by atoms with van der Waals surface area (Å²) in [6.07, 6.45) is 3.47. The summed E-state index contributed by atoms with van der Waals surface area (Å²) in [6, 6.07) is 7.80. The van der Waals surface area contributed by atoms with Crippen LogP contribution in [0.1, 0.15) is 17.0 Å². The SMILES string of the molecule is CN1C2=C(C(=O)OC2)C(c2ccncc2)c2cc3c(cc21)OCO3. The lowest BCUT2D eigenvalue weighted by Crippen LogP contribution is -2.27. The number of fused-ring (bicyclic) bond motifs is 2. The molecule has 5 rings (SSSR count). The summed E-state index contributed by atoms with van der Waals surface area (Å²) in [7, 11) is 1.95. The van der Waals surface area contributed by atoms with E-state index in [9.17, 15) is 4.79 Å². The van der Waals surface area contributed by atoms with E-state index in [1.165, 1.54) is 0 Å². The molecule has 6 nitrogen and oxygen atoms in total. The molecule has 0 aliphatic carbocycles. The molecule has 3 aliphatic rings. The maximum absolute atomic E-state index is 12.4. The Labute approximate surface area is 138 Å². The highest BCUT2D eigenvalue weighted by molar-refractivity contribution is 5.97. The van der Waals surface area contributed by atoms with Gasteiger partial charge in [0.1, 0.15) is 6.61 Å². The highest BCUT2D eigenvalue weighted by Crippen LogP contribution is 2.50. The number of ether oxygens (including phenoxy) is 3. The molecule has 0 saturated carbocycles. The molecule has 1 aromatic heterocycles. The Morgan fingerprint density at radius 3 is 2.67 bits per heavy atom. The molecule has 24 heavy (non-hydrogen) atoms. The van der Waals surface area contributed by atoms with Crippen LogP contribution in [0.25, 0.3) is 0 Å². The molecule has 2 aromatic rings. The van der Waals surface area contributed by atoms with Gasteiger partial charge in [-0.2, -0.15) is 0 Å². The molecule has 0 spiro atoms. The minimum absolute atomic E-state index is 0.196. The first-order chi connectivity index (χ1) is 11.7. The van der Waals surface area contributed by atoms with Gasteiger partial charge >= 0.3 is 5.97 Å². The van der Waals surface area contributed by atoms with Crippen LogP contribution in [0.5, 0.6) is 11.5 Å². The van der Waals surface area contributed by atoms with Gasteiger partial charge in [-0.15, -0.1) is 0 Å². The molecule has 3 aliphatic heterocycles. The summed E-state index contributed by atoms with van der Waals surface area (Å²) in [5, 5.41) is 0. The zero-order valence-electron chi connectivity index (χ0n) is 13.0. The van der Waals surface area contributed by atoms with E-state index in [0.717, 1.165) is 28.3 Å². The van der Waals surface area contributed by atoms with Gasteiger partial charge in [0.15, 0.2) is 11.5 Å². The normalized spacial score (nSPS) is 20.8. The zero-order valence-corrected chi connectivity index (χ0v) is 13.0. The molecule has 0 N–H and O–H groups in total. The number of carbonyl (C=O) groups is 1. The third kappa shape index (κ3) is 1.71. The van der Waals surface area contributed by atoms with Crippen molar-refractivity contribution in [3.8, 4) is 11.5 Å². The van der Waals surface area contributed by atoms with Gasteiger partial charge in [0.25, 0.3) is 0 Å². The van der Waals surface area contributed by atoms with Crippen LogP contribution >= 0.6 is 0 Å². The van der Waals surface area contributed by atoms with Crippen molar-refractivity contribution in [3.05, 3.63) is 59.1 Å². The van der Waals surface area contributed by atoms with E-state index in [0.29, 0.717) is 17.9 Å². The van der Waals surface area contributed by atoms with Gasteiger partial charge in [-0.25, -0.2) is 4.79 Å². The molecule has 120 valence electrons. The summed E-state index contributed by atoms with van der Waals surface area (Å²) in [5.74, 6) is 0.973. The second-order valence-corrected chi connectivity index (χ2v) is 5.97. The first-order valence-corrected chi connectivity index (χ1v) is 7.71. The standard InChI is InChI=1S/C18H14N2O4/c1-20-12-7-15-14(23-9-24-15)6-11(12)16(10-2-4-19-5-3-10)17-13(20)8-22-18(17)21/h2-7,16H,8-9H2,1H3. The zero-order chi connectivity index (χ0) is 16.3. The van der Waals surface area contributed by atoms with Crippen LogP contribution in [-0.4, -0.2) is 31.4 Å². The smallest absolute Gasteiger partial charge is 0.337 e. The Balaban J connectivity index is 1.78. The molecule has 0 bridgehead atoms. The van der Waals surface area contributed by atoms with Gasteiger partial charge in [0, 0.05) is 37.1 Å². The van der Waals surface area contributed by atoms with E-state index in [-0.39, 0.29) is 18.7 Å². The molecule has 0 radical (unpaired) electrons. The van der Waals surface area contributed by atoms with Gasteiger partial charge in [0.2, 0.25) is 6.79 Å². The fraction of sp³-hybridized carbons (Fsp3) is 0.222. The molecule has 0 saturated heterocycles. The second kappa shape index (κ2) is 4.74. The first-order valence-electron chi connectivity index (χ1n) is 7.71. The summed E-state index contributed by atoms with van der Waals surface area (Å²) >= 11 is 0. The van der Waals surface area contributed by atoms with Crippen molar-refractivity contribution in [1.29, 1.82) is 0 Å². The molecule has 1 unspecified atom stereocenters. The van der Waals surface area contributed by atoms with Crippen LogP contribution in [0, 0.1) is 0 Å². The van der Waals surface area contributed by atoms with Crippen molar-refractivity contribution >= 4 is 11.7 Å². The number of esters is 1. The average molecular weight is 322 g/mol. The topological polar surface area (TPSA) is 60.9 Å². The summed E-state index contributed by atoms with van der Waals surface area (Å²) < 4.78 is 16.4. The van der Waals surface area contributed by atoms with Crippen LogP contribution in [0.4, 0.5) is 5.69 Å². The predicted molar refractivity (Wildman–Crippen MR) is 85.0 cm³/mol. The summed E-state index contributed by atoms with van der Waals surface area (Å²) in [5.41, 5.74) is 4.59.